The van der Waals surface area contributed by atoms with Crippen LogP contribution in [0.1, 0.15) is 51.3 Å². The molecule has 0 fully saturated rings. The van der Waals surface area contributed by atoms with Gasteiger partial charge in [0.1, 0.15) is 17.7 Å². The molecule has 7 nitrogen and oxygen atoms in total. The molecule has 0 aromatic heterocycles. The van der Waals surface area contributed by atoms with Gasteiger partial charge in [-0.1, -0.05) is 67.1 Å². The number of benzene rings is 3. The van der Waals surface area contributed by atoms with E-state index in [0.29, 0.717) is 24.2 Å². The van der Waals surface area contributed by atoms with Crippen molar-refractivity contribution < 1.29 is 19.1 Å². The van der Waals surface area contributed by atoms with Crippen LogP contribution in [0.25, 0.3) is 10.8 Å². The number of hydrogen-bond donors (Lipinski definition) is 3. The van der Waals surface area contributed by atoms with Crippen molar-refractivity contribution >= 4 is 47.0 Å². The molecule has 0 heterocycles. The van der Waals surface area contributed by atoms with Gasteiger partial charge in [-0.3, -0.25) is 9.59 Å². The first-order valence-corrected chi connectivity index (χ1v) is 13.4. The van der Waals surface area contributed by atoms with Crippen LogP contribution in [0, 0.1) is 6.92 Å². The van der Waals surface area contributed by atoms with Crippen molar-refractivity contribution in [2.75, 3.05) is 17.6 Å². The van der Waals surface area contributed by atoms with E-state index >= 15 is 0 Å². The van der Waals surface area contributed by atoms with Crippen molar-refractivity contribution in [1.29, 1.82) is 0 Å². The third-order valence-corrected chi connectivity index (χ3v) is 6.22. The molecule has 2 N–H and O–H groups in total. The van der Waals surface area contributed by atoms with E-state index in [9.17, 15) is 14.4 Å². The molecule has 2 unspecified atom stereocenters. The number of thiol groups is 1. The standard InChI is InChI=1S/C30H37N3O4S/c1-6-16-33(28(35)25(19-38)32-29(36)37-30(3,4)5)26(23-13-9-10-20(2)17-23)27(34)31-24-15-14-21-11-7-8-12-22(21)18-24/h7-15,17-18,25-26,38H,6,16,19H2,1-5H3,(H,31,34)(H,32,36). The summed E-state index contributed by atoms with van der Waals surface area (Å²) in [5.41, 5.74) is 1.56. The predicted molar refractivity (Wildman–Crippen MR) is 156 cm³/mol. The average molecular weight is 536 g/mol. The lowest BCUT2D eigenvalue weighted by Crippen LogP contribution is -2.53. The molecular weight excluding hydrogens is 498 g/mol. The van der Waals surface area contributed by atoms with E-state index in [1.54, 1.807) is 20.8 Å². The fourth-order valence-corrected chi connectivity index (χ4v) is 4.48. The fraction of sp³-hybridized carbons (Fsp3) is 0.367. The molecule has 0 saturated heterocycles. The van der Waals surface area contributed by atoms with Crippen molar-refractivity contribution in [3.05, 3.63) is 77.9 Å². The number of ether oxygens (including phenoxy) is 1. The maximum absolute atomic E-state index is 13.9. The SMILES string of the molecule is CCCN(C(=O)C(CS)NC(=O)OC(C)(C)C)C(C(=O)Nc1ccc2ccccc2c1)c1cccc(C)c1. The minimum atomic E-state index is -0.972. The van der Waals surface area contributed by atoms with Gasteiger partial charge in [-0.2, -0.15) is 12.6 Å². The summed E-state index contributed by atoms with van der Waals surface area (Å²) in [6.07, 6.45) is -0.0997. The highest BCUT2D eigenvalue weighted by atomic mass is 32.1. The van der Waals surface area contributed by atoms with E-state index in [-0.39, 0.29) is 11.7 Å². The minimum Gasteiger partial charge on any atom is -0.444 e. The lowest BCUT2D eigenvalue weighted by atomic mass is 10.0. The van der Waals surface area contributed by atoms with Crippen LogP contribution in [0.4, 0.5) is 10.5 Å². The molecule has 0 spiro atoms. The van der Waals surface area contributed by atoms with Crippen molar-refractivity contribution in [3.63, 3.8) is 0 Å². The van der Waals surface area contributed by atoms with Gasteiger partial charge < -0.3 is 20.3 Å². The van der Waals surface area contributed by atoms with Gasteiger partial charge in [-0.25, -0.2) is 4.79 Å². The van der Waals surface area contributed by atoms with Crippen LogP contribution in [0.2, 0.25) is 0 Å². The number of alkyl carbamates (subject to hydrolysis) is 1. The number of carbonyl (C=O) groups is 3. The summed E-state index contributed by atoms with van der Waals surface area (Å²) in [5, 5.41) is 7.70. The van der Waals surface area contributed by atoms with Crippen LogP contribution in [0.15, 0.2) is 66.7 Å². The van der Waals surface area contributed by atoms with Crippen LogP contribution in [-0.2, 0) is 14.3 Å². The number of rotatable bonds is 9. The number of anilines is 1. The van der Waals surface area contributed by atoms with Crippen molar-refractivity contribution in [3.8, 4) is 0 Å². The lowest BCUT2D eigenvalue weighted by molar-refractivity contribution is -0.140. The molecule has 2 atom stereocenters. The Kier molecular flexibility index (Phi) is 9.80. The first-order chi connectivity index (χ1) is 18.0. The zero-order valence-electron chi connectivity index (χ0n) is 22.7. The number of hydrogen-bond acceptors (Lipinski definition) is 5. The van der Waals surface area contributed by atoms with Gasteiger partial charge in [0.25, 0.3) is 5.91 Å². The van der Waals surface area contributed by atoms with E-state index in [2.05, 4.69) is 23.3 Å². The highest BCUT2D eigenvalue weighted by molar-refractivity contribution is 7.80. The number of amides is 3. The van der Waals surface area contributed by atoms with Crippen LogP contribution in [0.3, 0.4) is 0 Å². The molecule has 0 radical (unpaired) electrons. The van der Waals surface area contributed by atoms with Crippen molar-refractivity contribution in [2.45, 2.75) is 58.7 Å². The Bertz CT molecular complexity index is 1290. The predicted octanol–water partition coefficient (Wildman–Crippen LogP) is 5.89. The van der Waals surface area contributed by atoms with Crippen molar-refractivity contribution in [2.24, 2.45) is 0 Å². The molecule has 38 heavy (non-hydrogen) atoms. The molecule has 0 aliphatic rings. The Labute approximate surface area is 230 Å². The zero-order valence-corrected chi connectivity index (χ0v) is 23.5. The second-order valence-electron chi connectivity index (χ2n) is 10.3. The summed E-state index contributed by atoms with van der Waals surface area (Å²) in [6.45, 7) is 9.43. The van der Waals surface area contributed by atoms with Crippen LogP contribution in [0.5, 0.6) is 0 Å². The summed E-state index contributed by atoms with van der Waals surface area (Å²) >= 11 is 4.32. The van der Waals surface area contributed by atoms with Gasteiger partial charge in [-0.05, 0) is 62.6 Å². The minimum absolute atomic E-state index is 0.0467. The highest BCUT2D eigenvalue weighted by Gasteiger charge is 2.35. The van der Waals surface area contributed by atoms with Gasteiger partial charge in [0.15, 0.2) is 0 Å². The van der Waals surface area contributed by atoms with E-state index < -0.39 is 29.7 Å². The summed E-state index contributed by atoms with van der Waals surface area (Å²) in [7, 11) is 0. The van der Waals surface area contributed by atoms with Crippen LogP contribution >= 0.6 is 12.6 Å². The molecule has 3 rings (SSSR count). The summed E-state index contributed by atoms with van der Waals surface area (Å²) in [4.78, 5) is 41.7. The van der Waals surface area contributed by atoms with E-state index in [0.717, 1.165) is 16.3 Å². The number of fused-ring (bicyclic) bond motifs is 1. The average Bonchev–Trinajstić information content (AvgIpc) is 2.85. The molecule has 3 amide bonds. The first kappa shape index (κ1) is 29.0. The Hall–Kier alpha value is -3.52. The smallest absolute Gasteiger partial charge is 0.408 e. The summed E-state index contributed by atoms with van der Waals surface area (Å²) < 4.78 is 5.35. The number of nitrogens with one attached hydrogen (secondary N) is 2. The molecule has 8 heteroatoms. The Morgan fingerprint density at radius 3 is 2.32 bits per heavy atom. The number of nitrogens with zero attached hydrogens (tertiary/aromatic N) is 1. The van der Waals surface area contributed by atoms with Gasteiger partial charge in [0, 0.05) is 18.0 Å². The molecule has 202 valence electrons. The highest BCUT2D eigenvalue weighted by Crippen LogP contribution is 2.27. The quantitative estimate of drug-likeness (QED) is 0.298. The second kappa shape index (κ2) is 12.8. The second-order valence-corrected chi connectivity index (χ2v) is 10.6. The molecular formula is C30H37N3O4S. The lowest BCUT2D eigenvalue weighted by Gasteiger charge is -2.34. The zero-order chi connectivity index (χ0) is 27.9. The van der Waals surface area contributed by atoms with E-state index in [1.807, 2.05) is 80.6 Å². The summed E-state index contributed by atoms with van der Waals surface area (Å²) in [5.74, 6) is -0.707. The van der Waals surface area contributed by atoms with E-state index in [4.69, 9.17) is 4.74 Å². The molecule has 3 aromatic carbocycles. The van der Waals surface area contributed by atoms with Crippen LogP contribution in [-0.4, -0.2) is 46.7 Å². The van der Waals surface area contributed by atoms with Gasteiger partial charge in [0.2, 0.25) is 5.91 Å². The Morgan fingerprint density at radius 2 is 1.68 bits per heavy atom. The monoisotopic (exact) mass is 535 g/mol. The molecule has 0 aliphatic carbocycles. The molecule has 3 aromatic rings. The van der Waals surface area contributed by atoms with E-state index in [1.165, 1.54) is 4.90 Å². The fourth-order valence-electron chi connectivity index (χ4n) is 4.23. The van der Waals surface area contributed by atoms with Gasteiger partial charge in [-0.15, -0.1) is 0 Å². The maximum atomic E-state index is 13.9. The third kappa shape index (κ3) is 7.74. The Balaban J connectivity index is 1.96. The maximum Gasteiger partial charge on any atom is 0.408 e. The molecule has 0 bridgehead atoms. The normalized spacial score (nSPS) is 12.9. The van der Waals surface area contributed by atoms with Gasteiger partial charge >= 0.3 is 6.09 Å². The first-order valence-electron chi connectivity index (χ1n) is 12.8. The Morgan fingerprint density at radius 1 is 0.974 bits per heavy atom. The number of carbonyl (C=O) groups excluding carboxylic acids is 3. The van der Waals surface area contributed by atoms with Crippen molar-refractivity contribution in [1.82, 2.24) is 10.2 Å². The molecule has 0 aliphatic heterocycles. The largest absolute Gasteiger partial charge is 0.444 e. The molecule has 0 saturated carbocycles. The van der Waals surface area contributed by atoms with Gasteiger partial charge in [0.05, 0.1) is 0 Å². The summed E-state index contributed by atoms with van der Waals surface area (Å²) in [6, 6.07) is 19.3. The van der Waals surface area contributed by atoms with Crippen LogP contribution < -0.4 is 10.6 Å². The topological polar surface area (TPSA) is 87.7 Å². The number of aryl methyl sites for hydroxylation is 1. The third-order valence-electron chi connectivity index (χ3n) is 5.85.